The van der Waals surface area contributed by atoms with Crippen molar-refractivity contribution in [2.24, 2.45) is 5.92 Å². The Morgan fingerprint density at radius 1 is 1.29 bits per heavy atom. The molecule has 3 saturated carbocycles. The quantitative estimate of drug-likeness (QED) is 0.819. The van der Waals surface area contributed by atoms with Crippen LogP contribution in [0.1, 0.15) is 60.1 Å². The summed E-state index contributed by atoms with van der Waals surface area (Å²) in [5, 5.41) is 2.59. The van der Waals surface area contributed by atoms with E-state index < -0.39 is 29.8 Å². The number of amides is 1. The van der Waals surface area contributed by atoms with E-state index in [0.29, 0.717) is 5.92 Å². The summed E-state index contributed by atoms with van der Waals surface area (Å²) in [7, 11) is 0. The first kappa shape index (κ1) is 18.6. The number of alkyl halides is 2. The van der Waals surface area contributed by atoms with Crippen LogP contribution in [-0.2, 0) is 5.54 Å². The van der Waals surface area contributed by atoms with Crippen molar-refractivity contribution in [3.8, 4) is 0 Å². The molecule has 1 aromatic carbocycles. The average molecular weight is 391 g/mol. The Balaban J connectivity index is 1.60. The number of nitrogens with two attached hydrogens (primary N) is 1. The Labute approximate surface area is 159 Å². The smallest absolute Gasteiger partial charge is 0.266 e. The molecule has 2 bridgehead atoms. The van der Waals surface area contributed by atoms with Gasteiger partial charge in [-0.1, -0.05) is 18.2 Å². The summed E-state index contributed by atoms with van der Waals surface area (Å²) in [6, 6.07) is 4.03. The molecule has 3 fully saturated rings. The van der Waals surface area contributed by atoms with E-state index in [1.165, 1.54) is 31.3 Å². The van der Waals surface area contributed by atoms with E-state index in [0.717, 1.165) is 25.3 Å². The van der Waals surface area contributed by atoms with E-state index in [4.69, 9.17) is 5.73 Å². The van der Waals surface area contributed by atoms with Crippen LogP contribution in [-0.4, -0.2) is 10.5 Å². The van der Waals surface area contributed by atoms with E-state index in [2.05, 4.69) is 5.32 Å². The van der Waals surface area contributed by atoms with E-state index in [9.17, 15) is 22.8 Å². The van der Waals surface area contributed by atoms with Gasteiger partial charge < -0.3 is 15.6 Å². The first-order valence-corrected chi connectivity index (χ1v) is 9.12. The lowest BCUT2D eigenvalue weighted by Gasteiger charge is -2.62. The molecule has 0 aliphatic heterocycles. The molecule has 1 amide bonds. The van der Waals surface area contributed by atoms with E-state index in [1.807, 2.05) is 0 Å². The molecule has 8 heteroatoms. The van der Waals surface area contributed by atoms with E-state index in [1.54, 1.807) is 4.57 Å². The number of rotatable bonds is 5. The van der Waals surface area contributed by atoms with Gasteiger partial charge in [0.1, 0.15) is 5.82 Å². The molecule has 0 saturated heterocycles. The number of carbonyl (C=O) groups is 1. The highest BCUT2D eigenvalue weighted by atomic mass is 19.3. The molecule has 1 heterocycles. The van der Waals surface area contributed by atoms with Crippen molar-refractivity contribution in [1.29, 1.82) is 0 Å². The minimum atomic E-state index is -2.95. The number of pyridine rings is 1. The number of halogens is 3. The summed E-state index contributed by atoms with van der Waals surface area (Å²) in [6.45, 7) is 1.50. The molecule has 28 heavy (non-hydrogen) atoms. The van der Waals surface area contributed by atoms with Crippen LogP contribution in [0.3, 0.4) is 0 Å². The van der Waals surface area contributed by atoms with Crippen molar-refractivity contribution in [3.05, 3.63) is 63.3 Å². The molecule has 3 N–H and O–H groups in total. The minimum absolute atomic E-state index is 0.0272. The Morgan fingerprint density at radius 2 is 1.93 bits per heavy atom. The van der Waals surface area contributed by atoms with Crippen molar-refractivity contribution < 1.29 is 18.0 Å². The molecular weight excluding hydrogens is 371 g/mol. The first-order valence-electron chi connectivity index (χ1n) is 9.12. The normalized spacial score (nSPS) is 23.7. The highest BCUT2D eigenvalue weighted by Gasteiger charge is 2.58. The van der Waals surface area contributed by atoms with Gasteiger partial charge in [-0.15, -0.1) is 0 Å². The molecule has 0 unspecified atom stereocenters. The second kappa shape index (κ2) is 6.39. The molecule has 0 radical (unpaired) electrons. The van der Waals surface area contributed by atoms with Gasteiger partial charge in [-0.2, -0.15) is 0 Å². The summed E-state index contributed by atoms with van der Waals surface area (Å²) in [4.78, 5) is 25.0. The number of benzene rings is 1. The SMILES string of the molecule is C[C@@H](NC(=O)c1cn(C23CC(C2)C3)c(=O)cc1N)c1cccc(C(F)F)c1F. The highest BCUT2D eigenvalue weighted by Crippen LogP contribution is 2.61. The van der Waals surface area contributed by atoms with Gasteiger partial charge in [0, 0.05) is 23.4 Å². The zero-order chi connectivity index (χ0) is 20.2. The number of hydrogen-bond acceptors (Lipinski definition) is 3. The molecule has 1 aromatic heterocycles. The Hall–Kier alpha value is -2.77. The lowest BCUT2D eigenvalue weighted by Crippen LogP contribution is -2.62. The van der Waals surface area contributed by atoms with Crippen molar-refractivity contribution in [3.63, 3.8) is 0 Å². The van der Waals surface area contributed by atoms with Crippen LogP contribution in [0.4, 0.5) is 18.9 Å². The summed E-state index contributed by atoms with van der Waals surface area (Å²) in [5.74, 6) is -0.990. The number of hydrogen-bond donors (Lipinski definition) is 2. The Kier molecular flexibility index (Phi) is 4.24. The van der Waals surface area contributed by atoms with Gasteiger partial charge in [-0.3, -0.25) is 9.59 Å². The van der Waals surface area contributed by atoms with Crippen LogP contribution >= 0.6 is 0 Å². The number of anilines is 1. The molecular formula is C20H20F3N3O2. The maximum atomic E-state index is 14.3. The third-order valence-electron chi connectivity index (χ3n) is 5.95. The minimum Gasteiger partial charge on any atom is -0.398 e. The second-order valence-corrected chi connectivity index (χ2v) is 7.80. The fourth-order valence-corrected chi connectivity index (χ4v) is 4.26. The van der Waals surface area contributed by atoms with Crippen molar-refractivity contribution in [2.45, 2.75) is 44.2 Å². The molecule has 5 rings (SSSR count). The maximum Gasteiger partial charge on any atom is 0.266 e. The molecule has 148 valence electrons. The number of nitrogens with zero attached hydrogens (tertiary/aromatic N) is 1. The summed E-state index contributed by atoms with van der Waals surface area (Å²) < 4.78 is 41.7. The van der Waals surface area contributed by atoms with Gasteiger partial charge in [0.05, 0.1) is 22.9 Å². The second-order valence-electron chi connectivity index (χ2n) is 7.80. The monoisotopic (exact) mass is 391 g/mol. The van der Waals surface area contributed by atoms with E-state index >= 15 is 0 Å². The van der Waals surface area contributed by atoms with Gasteiger partial charge in [0.15, 0.2) is 0 Å². The van der Waals surface area contributed by atoms with E-state index in [-0.39, 0.29) is 27.9 Å². The van der Waals surface area contributed by atoms with Crippen molar-refractivity contribution in [2.75, 3.05) is 5.73 Å². The highest BCUT2D eigenvalue weighted by molar-refractivity contribution is 5.99. The lowest BCUT2D eigenvalue weighted by atomic mass is 9.49. The van der Waals surface area contributed by atoms with Gasteiger partial charge in [0.2, 0.25) is 0 Å². The van der Waals surface area contributed by atoms with Gasteiger partial charge in [0.25, 0.3) is 17.9 Å². The number of nitrogen functional groups attached to an aromatic ring is 1. The fourth-order valence-electron chi connectivity index (χ4n) is 4.26. The Morgan fingerprint density at radius 3 is 2.50 bits per heavy atom. The molecule has 0 spiro atoms. The molecule has 2 aromatic rings. The van der Waals surface area contributed by atoms with Crippen LogP contribution in [0.25, 0.3) is 0 Å². The summed E-state index contributed by atoms with van der Waals surface area (Å²) >= 11 is 0. The fraction of sp³-hybridized carbons (Fsp3) is 0.400. The third kappa shape index (κ3) is 2.78. The predicted molar refractivity (Wildman–Crippen MR) is 97.7 cm³/mol. The predicted octanol–water partition coefficient (Wildman–Crippen LogP) is 3.51. The van der Waals surface area contributed by atoms with Crippen molar-refractivity contribution in [1.82, 2.24) is 9.88 Å². The molecule has 3 aliphatic rings. The van der Waals surface area contributed by atoms with Crippen LogP contribution in [0.5, 0.6) is 0 Å². The summed E-state index contributed by atoms with van der Waals surface area (Å²) in [5.41, 5.74) is 4.78. The number of carbonyl (C=O) groups excluding carboxylic acids is 1. The van der Waals surface area contributed by atoms with Crippen LogP contribution < -0.4 is 16.6 Å². The number of aromatic nitrogens is 1. The standard InChI is InChI=1S/C20H20F3N3O2/c1-10(12-3-2-4-13(17(12)21)18(22)23)25-19(28)14-9-26(16(27)5-15(14)24)20-6-11(7-20)8-20/h2-5,9-11,18H,6-8,24H2,1H3,(H,25,28)/t10-,11?,20?/m1/s1. The zero-order valence-corrected chi connectivity index (χ0v) is 15.2. The molecule has 1 atom stereocenters. The number of nitrogens with one attached hydrogen (secondary N) is 1. The van der Waals surface area contributed by atoms with Gasteiger partial charge in [-0.25, -0.2) is 13.2 Å². The summed E-state index contributed by atoms with van der Waals surface area (Å²) in [6.07, 6.45) is 1.26. The van der Waals surface area contributed by atoms with Crippen LogP contribution in [0.15, 0.2) is 35.3 Å². The topological polar surface area (TPSA) is 77.1 Å². The average Bonchev–Trinajstić information content (AvgIpc) is 2.53. The lowest BCUT2D eigenvalue weighted by molar-refractivity contribution is -0.0914. The third-order valence-corrected chi connectivity index (χ3v) is 5.95. The zero-order valence-electron chi connectivity index (χ0n) is 15.2. The van der Waals surface area contributed by atoms with Gasteiger partial charge >= 0.3 is 0 Å². The first-order chi connectivity index (χ1) is 13.2. The maximum absolute atomic E-state index is 14.3. The van der Waals surface area contributed by atoms with Gasteiger partial charge in [-0.05, 0) is 32.1 Å². The van der Waals surface area contributed by atoms with Crippen LogP contribution in [0, 0.1) is 11.7 Å². The van der Waals surface area contributed by atoms with Crippen molar-refractivity contribution >= 4 is 11.6 Å². The molecule has 3 aliphatic carbocycles. The largest absolute Gasteiger partial charge is 0.398 e. The molecule has 5 nitrogen and oxygen atoms in total. The Bertz CT molecular complexity index is 1000. The van der Waals surface area contributed by atoms with Crippen LogP contribution in [0.2, 0.25) is 0 Å².